The van der Waals surface area contributed by atoms with Crippen molar-refractivity contribution in [2.75, 3.05) is 11.4 Å². The van der Waals surface area contributed by atoms with Gasteiger partial charge >= 0.3 is 0 Å². The molecule has 0 radical (unpaired) electrons. The first-order chi connectivity index (χ1) is 9.54. The number of carbonyl (C=O) groups excluding carboxylic acids is 1. The van der Waals surface area contributed by atoms with E-state index in [1.54, 1.807) is 0 Å². The molecule has 0 aliphatic carbocycles. The summed E-state index contributed by atoms with van der Waals surface area (Å²) in [4.78, 5) is 14.6. The third-order valence-corrected chi connectivity index (χ3v) is 4.01. The van der Waals surface area contributed by atoms with Gasteiger partial charge in [-0.25, -0.2) is 0 Å². The van der Waals surface area contributed by atoms with E-state index in [4.69, 9.17) is 0 Å². The summed E-state index contributed by atoms with van der Waals surface area (Å²) >= 11 is 3.47. The lowest BCUT2D eigenvalue weighted by atomic mass is 10.1. The first kappa shape index (κ1) is 14.8. The van der Waals surface area contributed by atoms with Crippen LogP contribution in [0, 0.1) is 13.8 Å². The third-order valence-electron chi connectivity index (χ3n) is 3.32. The Morgan fingerprint density at radius 1 is 1.15 bits per heavy atom. The SMILES string of the molecule is CCN(C(=O)c1cc(C)ccc1Br)c1ccccc1C. The van der Waals surface area contributed by atoms with Gasteiger partial charge in [-0.1, -0.05) is 29.8 Å². The second-order valence-electron chi connectivity index (χ2n) is 4.82. The van der Waals surface area contributed by atoms with Crippen molar-refractivity contribution in [1.29, 1.82) is 0 Å². The molecule has 20 heavy (non-hydrogen) atoms. The molecule has 0 unspecified atom stereocenters. The second kappa shape index (κ2) is 6.23. The van der Waals surface area contributed by atoms with Crippen LogP contribution >= 0.6 is 15.9 Å². The topological polar surface area (TPSA) is 20.3 Å². The van der Waals surface area contributed by atoms with Gasteiger partial charge < -0.3 is 4.90 Å². The van der Waals surface area contributed by atoms with Gasteiger partial charge in [-0.15, -0.1) is 0 Å². The number of hydrogen-bond acceptors (Lipinski definition) is 1. The van der Waals surface area contributed by atoms with Crippen LogP contribution in [0.5, 0.6) is 0 Å². The lowest BCUT2D eigenvalue weighted by Gasteiger charge is -2.23. The molecule has 2 aromatic carbocycles. The monoisotopic (exact) mass is 331 g/mol. The van der Waals surface area contributed by atoms with Crippen molar-refractivity contribution in [1.82, 2.24) is 0 Å². The van der Waals surface area contributed by atoms with Gasteiger partial charge in [0, 0.05) is 16.7 Å². The lowest BCUT2D eigenvalue weighted by Crippen LogP contribution is -2.31. The molecule has 1 amide bonds. The van der Waals surface area contributed by atoms with Crippen LogP contribution in [-0.4, -0.2) is 12.5 Å². The standard InChI is InChI=1S/C17H18BrNO/c1-4-19(16-8-6-5-7-13(16)3)17(20)14-11-12(2)9-10-15(14)18/h5-11H,4H2,1-3H3. The molecule has 0 saturated heterocycles. The average Bonchev–Trinajstić information content (AvgIpc) is 2.44. The Labute approximate surface area is 128 Å². The molecular weight excluding hydrogens is 314 g/mol. The highest BCUT2D eigenvalue weighted by molar-refractivity contribution is 9.10. The predicted molar refractivity (Wildman–Crippen MR) is 87.4 cm³/mol. The van der Waals surface area contributed by atoms with Gasteiger partial charge in [0.25, 0.3) is 5.91 Å². The summed E-state index contributed by atoms with van der Waals surface area (Å²) in [5, 5.41) is 0. The zero-order valence-corrected chi connectivity index (χ0v) is 13.6. The number of halogens is 1. The Hall–Kier alpha value is -1.61. The van der Waals surface area contributed by atoms with Crippen molar-refractivity contribution in [2.24, 2.45) is 0 Å². The Kier molecular flexibility index (Phi) is 4.61. The summed E-state index contributed by atoms with van der Waals surface area (Å²) in [7, 11) is 0. The maximum absolute atomic E-state index is 12.8. The van der Waals surface area contributed by atoms with E-state index in [0.717, 1.165) is 21.3 Å². The summed E-state index contributed by atoms with van der Waals surface area (Å²) in [6.07, 6.45) is 0. The van der Waals surface area contributed by atoms with Crippen LogP contribution in [0.15, 0.2) is 46.9 Å². The molecule has 0 aromatic heterocycles. The average molecular weight is 332 g/mol. The third kappa shape index (κ3) is 2.93. The van der Waals surface area contributed by atoms with E-state index in [1.165, 1.54) is 0 Å². The Balaban J connectivity index is 2.45. The van der Waals surface area contributed by atoms with Crippen molar-refractivity contribution in [3.63, 3.8) is 0 Å². The van der Waals surface area contributed by atoms with E-state index in [9.17, 15) is 4.79 Å². The summed E-state index contributed by atoms with van der Waals surface area (Å²) in [5.74, 6) is 0.0253. The van der Waals surface area contributed by atoms with Crippen LogP contribution in [0.1, 0.15) is 28.4 Å². The van der Waals surface area contributed by atoms with Gasteiger partial charge in [0.2, 0.25) is 0 Å². The van der Waals surface area contributed by atoms with Gasteiger partial charge in [0.05, 0.1) is 5.56 Å². The molecule has 3 heteroatoms. The van der Waals surface area contributed by atoms with Crippen molar-refractivity contribution < 1.29 is 4.79 Å². The largest absolute Gasteiger partial charge is 0.308 e. The van der Waals surface area contributed by atoms with Crippen LogP contribution in [0.2, 0.25) is 0 Å². The molecule has 0 saturated carbocycles. The quantitative estimate of drug-likeness (QED) is 0.795. The fourth-order valence-corrected chi connectivity index (χ4v) is 2.65. The molecule has 0 spiro atoms. The van der Waals surface area contributed by atoms with E-state index >= 15 is 0 Å². The first-order valence-electron chi connectivity index (χ1n) is 6.68. The number of amides is 1. The smallest absolute Gasteiger partial charge is 0.259 e. The number of carbonyl (C=O) groups is 1. The molecule has 2 rings (SSSR count). The van der Waals surface area contributed by atoms with E-state index in [1.807, 2.05) is 68.1 Å². The normalized spacial score (nSPS) is 10.4. The van der Waals surface area contributed by atoms with Crippen molar-refractivity contribution >= 4 is 27.5 Å². The molecule has 0 aliphatic heterocycles. The van der Waals surface area contributed by atoms with E-state index < -0.39 is 0 Å². The van der Waals surface area contributed by atoms with Gasteiger partial charge in [0.15, 0.2) is 0 Å². The molecule has 2 aromatic rings. The maximum atomic E-state index is 12.8. The summed E-state index contributed by atoms with van der Waals surface area (Å²) in [6.45, 7) is 6.65. The molecular formula is C17H18BrNO. The van der Waals surface area contributed by atoms with Crippen molar-refractivity contribution in [2.45, 2.75) is 20.8 Å². The molecule has 0 fully saturated rings. The summed E-state index contributed by atoms with van der Waals surface area (Å²) in [5.41, 5.74) is 3.85. The van der Waals surface area contributed by atoms with Gasteiger partial charge in [0.1, 0.15) is 0 Å². The number of aryl methyl sites for hydroxylation is 2. The molecule has 0 N–H and O–H groups in total. The zero-order valence-electron chi connectivity index (χ0n) is 12.0. The molecule has 0 atom stereocenters. The van der Waals surface area contributed by atoms with Gasteiger partial charge in [-0.3, -0.25) is 4.79 Å². The highest BCUT2D eigenvalue weighted by Crippen LogP contribution is 2.25. The first-order valence-corrected chi connectivity index (χ1v) is 7.47. The molecule has 104 valence electrons. The molecule has 2 nitrogen and oxygen atoms in total. The lowest BCUT2D eigenvalue weighted by molar-refractivity contribution is 0.0987. The Morgan fingerprint density at radius 3 is 2.50 bits per heavy atom. The second-order valence-corrected chi connectivity index (χ2v) is 5.67. The predicted octanol–water partition coefficient (Wildman–Crippen LogP) is 4.73. The molecule has 0 aliphatic rings. The van der Waals surface area contributed by atoms with Crippen LogP contribution < -0.4 is 4.90 Å². The zero-order chi connectivity index (χ0) is 14.7. The minimum absolute atomic E-state index is 0.0253. The van der Waals surface area contributed by atoms with E-state index in [-0.39, 0.29) is 5.91 Å². The number of anilines is 1. The van der Waals surface area contributed by atoms with Crippen LogP contribution in [0.25, 0.3) is 0 Å². The number of benzene rings is 2. The highest BCUT2D eigenvalue weighted by atomic mass is 79.9. The molecule has 0 heterocycles. The minimum Gasteiger partial charge on any atom is -0.308 e. The molecule has 0 bridgehead atoms. The minimum atomic E-state index is 0.0253. The van der Waals surface area contributed by atoms with Crippen LogP contribution in [0.3, 0.4) is 0 Å². The van der Waals surface area contributed by atoms with Crippen LogP contribution in [-0.2, 0) is 0 Å². The number of hydrogen-bond donors (Lipinski definition) is 0. The van der Waals surface area contributed by atoms with Crippen molar-refractivity contribution in [3.05, 3.63) is 63.6 Å². The number of nitrogens with zero attached hydrogens (tertiary/aromatic N) is 1. The highest BCUT2D eigenvalue weighted by Gasteiger charge is 2.19. The Morgan fingerprint density at radius 2 is 1.85 bits per heavy atom. The van der Waals surface area contributed by atoms with Crippen molar-refractivity contribution in [3.8, 4) is 0 Å². The number of rotatable bonds is 3. The Bertz CT molecular complexity index is 637. The summed E-state index contributed by atoms with van der Waals surface area (Å²) in [6, 6.07) is 13.8. The fraction of sp³-hybridized carbons (Fsp3) is 0.235. The summed E-state index contributed by atoms with van der Waals surface area (Å²) < 4.78 is 0.833. The number of para-hydroxylation sites is 1. The van der Waals surface area contributed by atoms with Gasteiger partial charge in [-0.05, 0) is 60.5 Å². The van der Waals surface area contributed by atoms with Crippen LogP contribution in [0.4, 0.5) is 5.69 Å². The fourth-order valence-electron chi connectivity index (χ4n) is 2.24. The van der Waals surface area contributed by atoms with Gasteiger partial charge in [-0.2, -0.15) is 0 Å². The van der Waals surface area contributed by atoms with E-state index in [0.29, 0.717) is 12.1 Å². The van der Waals surface area contributed by atoms with E-state index in [2.05, 4.69) is 15.9 Å². The maximum Gasteiger partial charge on any atom is 0.259 e.